The SMILES string of the molecule is CCOc1cc(CNc2ccc(C)c(Cl)c2)cc(I)c1OCC. The zero-order valence-corrected chi connectivity index (χ0v) is 16.5. The third-order valence-corrected chi connectivity index (χ3v) is 4.53. The van der Waals surface area contributed by atoms with Crippen LogP contribution in [-0.2, 0) is 6.54 Å². The van der Waals surface area contributed by atoms with E-state index in [-0.39, 0.29) is 0 Å². The zero-order chi connectivity index (χ0) is 16.8. The van der Waals surface area contributed by atoms with Gasteiger partial charge in [-0.05, 0) is 78.8 Å². The topological polar surface area (TPSA) is 30.5 Å². The number of rotatable bonds is 7. The molecule has 0 radical (unpaired) electrons. The van der Waals surface area contributed by atoms with Crippen molar-refractivity contribution in [2.24, 2.45) is 0 Å². The van der Waals surface area contributed by atoms with Crippen molar-refractivity contribution in [1.29, 1.82) is 0 Å². The van der Waals surface area contributed by atoms with Gasteiger partial charge < -0.3 is 14.8 Å². The van der Waals surface area contributed by atoms with Gasteiger partial charge >= 0.3 is 0 Å². The molecule has 1 N–H and O–H groups in total. The molecule has 0 bridgehead atoms. The Hall–Kier alpha value is -1.14. The highest BCUT2D eigenvalue weighted by atomic mass is 127. The fourth-order valence-electron chi connectivity index (χ4n) is 2.18. The number of halogens is 2. The van der Waals surface area contributed by atoms with Crippen LogP contribution in [0.3, 0.4) is 0 Å². The summed E-state index contributed by atoms with van der Waals surface area (Å²) < 4.78 is 12.5. The molecule has 0 aliphatic rings. The Morgan fingerprint density at radius 3 is 2.48 bits per heavy atom. The maximum atomic E-state index is 6.17. The maximum Gasteiger partial charge on any atom is 0.174 e. The van der Waals surface area contributed by atoms with Crippen LogP contribution in [0, 0.1) is 10.5 Å². The Morgan fingerprint density at radius 2 is 1.83 bits per heavy atom. The molecule has 124 valence electrons. The van der Waals surface area contributed by atoms with Gasteiger partial charge in [0.2, 0.25) is 0 Å². The zero-order valence-electron chi connectivity index (χ0n) is 13.6. The molecule has 0 atom stereocenters. The fraction of sp³-hybridized carbons (Fsp3) is 0.333. The maximum absolute atomic E-state index is 6.17. The largest absolute Gasteiger partial charge is 0.490 e. The number of hydrogen-bond donors (Lipinski definition) is 1. The van der Waals surface area contributed by atoms with Gasteiger partial charge in [0.15, 0.2) is 11.5 Å². The van der Waals surface area contributed by atoms with E-state index in [2.05, 4.69) is 34.0 Å². The summed E-state index contributed by atoms with van der Waals surface area (Å²) in [5.74, 6) is 1.61. The van der Waals surface area contributed by atoms with E-state index in [1.807, 2.05) is 45.0 Å². The molecule has 23 heavy (non-hydrogen) atoms. The molecule has 0 amide bonds. The lowest BCUT2D eigenvalue weighted by Gasteiger charge is -2.15. The Kier molecular flexibility index (Phi) is 6.84. The van der Waals surface area contributed by atoms with Gasteiger partial charge in [0.25, 0.3) is 0 Å². The second-order valence-corrected chi connectivity index (χ2v) is 6.66. The van der Waals surface area contributed by atoms with Crippen molar-refractivity contribution in [3.05, 3.63) is 50.1 Å². The highest BCUT2D eigenvalue weighted by Crippen LogP contribution is 2.34. The van der Waals surface area contributed by atoms with Crippen molar-refractivity contribution in [1.82, 2.24) is 0 Å². The summed E-state index contributed by atoms with van der Waals surface area (Å²) in [7, 11) is 0. The average molecular weight is 446 g/mol. The molecule has 2 aromatic carbocycles. The van der Waals surface area contributed by atoms with E-state index in [4.69, 9.17) is 21.1 Å². The van der Waals surface area contributed by atoms with Crippen LogP contribution in [0.4, 0.5) is 5.69 Å². The lowest BCUT2D eigenvalue weighted by Crippen LogP contribution is -2.04. The molecule has 0 unspecified atom stereocenters. The first-order valence-electron chi connectivity index (χ1n) is 7.63. The standard InChI is InChI=1S/C18H21ClINO2/c1-4-22-17-9-13(8-16(20)18(17)23-5-2)11-21-14-7-6-12(3)15(19)10-14/h6-10,21H,4-5,11H2,1-3H3. The first-order valence-corrected chi connectivity index (χ1v) is 9.08. The highest BCUT2D eigenvalue weighted by Gasteiger charge is 2.12. The molecule has 3 nitrogen and oxygen atoms in total. The lowest BCUT2D eigenvalue weighted by molar-refractivity contribution is 0.286. The van der Waals surface area contributed by atoms with Crippen molar-refractivity contribution >= 4 is 39.9 Å². The minimum Gasteiger partial charge on any atom is -0.490 e. The summed E-state index contributed by atoms with van der Waals surface area (Å²) in [5, 5.41) is 4.16. The van der Waals surface area contributed by atoms with E-state index >= 15 is 0 Å². The molecule has 0 aliphatic carbocycles. The summed E-state index contributed by atoms with van der Waals surface area (Å²) in [6.07, 6.45) is 0. The monoisotopic (exact) mass is 445 g/mol. The predicted octanol–water partition coefficient (Wildman–Crippen LogP) is 5.66. The van der Waals surface area contributed by atoms with Crippen LogP contribution in [0.5, 0.6) is 11.5 Å². The first-order chi connectivity index (χ1) is 11.0. The Bertz CT molecular complexity index is 676. The van der Waals surface area contributed by atoms with Crippen LogP contribution in [0.1, 0.15) is 25.0 Å². The molecule has 2 rings (SSSR count). The lowest BCUT2D eigenvalue weighted by atomic mass is 10.2. The van der Waals surface area contributed by atoms with Gasteiger partial charge in [-0.15, -0.1) is 0 Å². The van der Waals surface area contributed by atoms with E-state index in [9.17, 15) is 0 Å². The third kappa shape index (κ3) is 4.91. The van der Waals surface area contributed by atoms with Crippen LogP contribution in [-0.4, -0.2) is 13.2 Å². The highest BCUT2D eigenvalue weighted by molar-refractivity contribution is 14.1. The van der Waals surface area contributed by atoms with Crippen molar-refractivity contribution in [3.8, 4) is 11.5 Å². The summed E-state index contributed by atoms with van der Waals surface area (Å²) in [6, 6.07) is 10.1. The molecule has 0 saturated heterocycles. The van der Waals surface area contributed by atoms with Gasteiger partial charge in [0.05, 0.1) is 16.8 Å². The molecule has 0 fully saturated rings. The van der Waals surface area contributed by atoms with Crippen LogP contribution in [0.15, 0.2) is 30.3 Å². The number of benzene rings is 2. The first kappa shape index (κ1) is 18.2. The Morgan fingerprint density at radius 1 is 1.09 bits per heavy atom. The molecular formula is C18H21ClINO2. The number of hydrogen-bond acceptors (Lipinski definition) is 3. The molecule has 0 saturated carbocycles. The second-order valence-electron chi connectivity index (χ2n) is 5.09. The van der Waals surface area contributed by atoms with E-state index in [1.54, 1.807) is 0 Å². The number of nitrogens with one attached hydrogen (secondary N) is 1. The fourth-order valence-corrected chi connectivity index (χ4v) is 3.18. The molecule has 0 heterocycles. The van der Waals surface area contributed by atoms with E-state index in [0.717, 1.165) is 36.9 Å². The van der Waals surface area contributed by atoms with Crippen LogP contribution in [0.25, 0.3) is 0 Å². The summed E-state index contributed by atoms with van der Waals surface area (Å²) >= 11 is 8.45. The molecule has 0 aromatic heterocycles. The van der Waals surface area contributed by atoms with Crippen LogP contribution >= 0.6 is 34.2 Å². The van der Waals surface area contributed by atoms with Gasteiger partial charge in [-0.1, -0.05) is 17.7 Å². The van der Waals surface area contributed by atoms with Gasteiger partial charge in [-0.3, -0.25) is 0 Å². The molecular weight excluding hydrogens is 425 g/mol. The average Bonchev–Trinajstić information content (AvgIpc) is 2.52. The third-order valence-electron chi connectivity index (χ3n) is 3.33. The van der Waals surface area contributed by atoms with Crippen molar-refractivity contribution in [2.45, 2.75) is 27.3 Å². The van der Waals surface area contributed by atoms with E-state index in [1.165, 1.54) is 0 Å². The summed E-state index contributed by atoms with van der Waals surface area (Å²) in [4.78, 5) is 0. The van der Waals surface area contributed by atoms with Crippen molar-refractivity contribution in [3.63, 3.8) is 0 Å². The summed E-state index contributed by atoms with van der Waals surface area (Å²) in [6.45, 7) is 7.87. The van der Waals surface area contributed by atoms with Crippen molar-refractivity contribution < 1.29 is 9.47 Å². The van der Waals surface area contributed by atoms with Gasteiger partial charge in [0.1, 0.15) is 0 Å². The van der Waals surface area contributed by atoms with E-state index in [0.29, 0.717) is 19.8 Å². The Balaban J connectivity index is 2.17. The minimum atomic E-state index is 0.612. The smallest absolute Gasteiger partial charge is 0.174 e. The Labute approximate surface area is 156 Å². The molecule has 0 spiro atoms. The van der Waals surface area contributed by atoms with Crippen LogP contribution < -0.4 is 14.8 Å². The minimum absolute atomic E-state index is 0.612. The van der Waals surface area contributed by atoms with Gasteiger partial charge in [-0.25, -0.2) is 0 Å². The molecule has 0 aliphatic heterocycles. The normalized spacial score (nSPS) is 10.5. The number of aryl methyl sites for hydroxylation is 1. The molecule has 2 aromatic rings. The van der Waals surface area contributed by atoms with Gasteiger partial charge in [0, 0.05) is 17.3 Å². The van der Waals surface area contributed by atoms with E-state index < -0.39 is 0 Å². The predicted molar refractivity (Wildman–Crippen MR) is 105 cm³/mol. The quantitative estimate of drug-likeness (QED) is 0.558. The van der Waals surface area contributed by atoms with Crippen molar-refractivity contribution in [2.75, 3.05) is 18.5 Å². The van der Waals surface area contributed by atoms with Gasteiger partial charge in [-0.2, -0.15) is 0 Å². The number of anilines is 1. The van der Waals surface area contributed by atoms with Crippen LogP contribution in [0.2, 0.25) is 5.02 Å². The summed E-state index contributed by atoms with van der Waals surface area (Å²) in [5.41, 5.74) is 3.21. The molecule has 5 heteroatoms. The second kappa shape index (κ2) is 8.64. The number of ether oxygens (including phenoxy) is 2.